The molecule has 0 bridgehead atoms. The molecule has 0 heterocycles. The van der Waals surface area contributed by atoms with Crippen molar-refractivity contribution in [1.82, 2.24) is 5.32 Å². The van der Waals surface area contributed by atoms with E-state index in [0.717, 1.165) is 55.5 Å². The van der Waals surface area contributed by atoms with Crippen molar-refractivity contribution in [2.24, 2.45) is 46.3 Å². The highest BCUT2D eigenvalue weighted by molar-refractivity contribution is 7.51. The summed E-state index contributed by atoms with van der Waals surface area (Å²) < 4.78 is 21.8. The molecule has 4 aliphatic rings. The lowest BCUT2D eigenvalue weighted by molar-refractivity contribution is -0.129. The number of carbonyl (C=O) groups excluding carboxylic acids is 1. The summed E-state index contributed by atoms with van der Waals surface area (Å²) in [6.45, 7) is 11.6. The van der Waals surface area contributed by atoms with Crippen LogP contribution in [0.3, 0.4) is 0 Å². The predicted molar refractivity (Wildman–Crippen MR) is 164 cm³/mol. The smallest absolute Gasteiger partial charge is 0.407 e. The number of hydrogen-bond donors (Lipinski definition) is 3. The molecule has 11 atom stereocenters. The first-order chi connectivity index (χ1) is 19.4. The predicted octanol–water partition coefficient (Wildman–Crippen LogP) is 7.93. The summed E-state index contributed by atoms with van der Waals surface area (Å²) in [6, 6.07) is 0. The maximum absolute atomic E-state index is 12.5. The summed E-state index contributed by atoms with van der Waals surface area (Å²) in [5.41, 5.74) is 0.903. The fourth-order valence-electron chi connectivity index (χ4n) is 10.3. The second-order valence-electron chi connectivity index (χ2n) is 15.0. The van der Waals surface area contributed by atoms with Crippen molar-refractivity contribution >= 4 is 13.7 Å². The Bertz CT molecular complexity index is 910. The first-order valence-electron chi connectivity index (χ1n) is 16.9. The standard InChI is InChI=1S/C33H60NO6P/c1-6-7-8-9-23(2)28-12-13-29-27-11-10-24-22-26(14-18-32(24,3)30(27)15-19-33(28,29)4)40-31(36)34-20-16-25(35)17-21-39-41(5,37)38/h23-30,35H,6-22H2,1-5H3,(H,34,36)(H,37,38)/t23?,24?,25?,26-,27?,28?,29?,30?,32?,33?/m0/s1. The van der Waals surface area contributed by atoms with Gasteiger partial charge in [-0.05, 0) is 117 Å². The van der Waals surface area contributed by atoms with Crippen molar-refractivity contribution in [2.45, 2.75) is 136 Å². The minimum absolute atomic E-state index is 0.0126. The summed E-state index contributed by atoms with van der Waals surface area (Å²) >= 11 is 0. The Kier molecular flexibility index (Phi) is 11.4. The lowest BCUT2D eigenvalue weighted by Gasteiger charge is -2.61. The molecule has 41 heavy (non-hydrogen) atoms. The molecule has 4 fully saturated rings. The molecule has 4 rings (SSSR count). The van der Waals surface area contributed by atoms with Crippen LogP contribution in [0, 0.1) is 46.3 Å². The molecular formula is C33H60NO6P. The Morgan fingerprint density at radius 1 is 1.00 bits per heavy atom. The van der Waals surface area contributed by atoms with Crippen LogP contribution in [0.2, 0.25) is 0 Å². The van der Waals surface area contributed by atoms with Crippen LogP contribution < -0.4 is 5.32 Å². The van der Waals surface area contributed by atoms with E-state index in [4.69, 9.17) is 14.2 Å². The van der Waals surface area contributed by atoms with Crippen LogP contribution in [0.25, 0.3) is 0 Å². The number of aliphatic hydroxyl groups is 1. The zero-order valence-electron chi connectivity index (χ0n) is 26.6. The molecule has 0 aromatic heterocycles. The molecule has 4 aliphatic carbocycles. The van der Waals surface area contributed by atoms with E-state index >= 15 is 0 Å². The van der Waals surface area contributed by atoms with E-state index in [1.165, 1.54) is 64.2 Å². The third-order valence-electron chi connectivity index (χ3n) is 12.4. The number of hydrogen-bond acceptors (Lipinski definition) is 5. The third-order valence-corrected chi connectivity index (χ3v) is 13.1. The Morgan fingerprint density at radius 3 is 2.46 bits per heavy atom. The molecule has 0 aliphatic heterocycles. The third kappa shape index (κ3) is 7.91. The van der Waals surface area contributed by atoms with Gasteiger partial charge in [-0.15, -0.1) is 0 Å². The highest BCUT2D eigenvalue weighted by atomic mass is 31.2. The van der Waals surface area contributed by atoms with Crippen molar-refractivity contribution < 1.29 is 28.6 Å². The second kappa shape index (κ2) is 14.0. The maximum atomic E-state index is 12.5. The summed E-state index contributed by atoms with van der Waals surface area (Å²) in [6.07, 6.45) is 16.3. The van der Waals surface area contributed by atoms with Crippen LogP contribution in [0.15, 0.2) is 0 Å². The van der Waals surface area contributed by atoms with Crippen LogP contribution in [-0.2, 0) is 13.8 Å². The molecule has 0 aromatic rings. The van der Waals surface area contributed by atoms with Gasteiger partial charge >= 0.3 is 13.7 Å². The molecule has 238 valence electrons. The fraction of sp³-hybridized carbons (Fsp3) is 0.970. The SMILES string of the molecule is CCCCCC(C)C1CCC2C3CCC4C[C@@H](OC(=O)NCCC(O)CCOP(C)(=O)O)CCC4(C)C3CCC12C. The Hall–Kier alpha value is -0.620. The number of nitrogens with one attached hydrogen (secondary N) is 1. The van der Waals surface area contributed by atoms with E-state index in [1.807, 2.05) is 0 Å². The lowest BCUT2D eigenvalue weighted by atomic mass is 9.44. The largest absolute Gasteiger partial charge is 0.446 e. The van der Waals surface area contributed by atoms with Gasteiger partial charge in [0.05, 0.1) is 12.7 Å². The Morgan fingerprint density at radius 2 is 1.73 bits per heavy atom. The fourth-order valence-corrected chi connectivity index (χ4v) is 10.7. The average molecular weight is 598 g/mol. The molecule has 0 radical (unpaired) electrons. The van der Waals surface area contributed by atoms with Gasteiger partial charge < -0.3 is 24.6 Å². The molecule has 3 N–H and O–H groups in total. The van der Waals surface area contributed by atoms with Gasteiger partial charge in [-0.25, -0.2) is 4.79 Å². The van der Waals surface area contributed by atoms with Crippen LogP contribution >= 0.6 is 7.60 Å². The highest BCUT2D eigenvalue weighted by Gasteiger charge is 2.60. The monoisotopic (exact) mass is 597 g/mol. The number of ether oxygens (including phenoxy) is 1. The minimum atomic E-state index is -3.53. The lowest BCUT2D eigenvalue weighted by Crippen LogP contribution is -2.54. The van der Waals surface area contributed by atoms with Gasteiger partial charge in [-0.1, -0.05) is 53.4 Å². The van der Waals surface area contributed by atoms with Gasteiger partial charge in [0.2, 0.25) is 0 Å². The van der Waals surface area contributed by atoms with E-state index in [0.29, 0.717) is 29.7 Å². The van der Waals surface area contributed by atoms with Crippen LogP contribution in [0.1, 0.15) is 124 Å². The van der Waals surface area contributed by atoms with Gasteiger partial charge in [-0.2, -0.15) is 0 Å². The molecule has 1 amide bonds. The normalized spacial score (nSPS) is 39.5. The van der Waals surface area contributed by atoms with Crippen molar-refractivity contribution in [1.29, 1.82) is 0 Å². The zero-order chi connectivity index (χ0) is 29.8. The number of rotatable bonds is 13. The van der Waals surface area contributed by atoms with E-state index in [2.05, 4.69) is 33.0 Å². The highest BCUT2D eigenvalue weighted by Crippen LogP contribution is 2.68. The maximum Gasteiger partial charge on any atom is 0.407 e. The molecular weight excluding hydrogens is 537 g/mol. The number of fused-ring (bicyclic) bond motifs is 5. The molecule has 10 unspecified atom stereocenters. The van der Waals surface area contributed by atoms with Crippen LogP contribution in [0.4, 0.5) is 4.79 Å². The first kappa shape index (κ1) is 33.3. The van der Waals surface area contributed by atoms with Crippen molar-refractivity contribution in [3.8, 4) is 0 Å². The summed E-state index contributed by atoms with van der Waals surface area (Å²) in [5.74, 6) is 4.99. The van der Waals surface area contributed by atoms with Crippen molar-refractivity contribution in [3.05, 3.63) is 0 Å². The van der Waals surface area contributed by atoms with E-state index in [1.54, 1.807) is 0 Å². The van der Waals surface area contributed by atoms with Crippen LogP contribution in [0.5, 0.6) is 0 Å². The summed E-state index contributed by atoms with van der Waals surface area (Å²) in [5, 5.41) is 12.8. The van der Waals surface area contributed by atoms with Gasteiger partial charge in [0.1, 0.15) is 6.10 Å². The quantitative estimate of drug-likeness (QED) is 0.147. The Balaban J connectivity index is 1.24. The summed E-state index contributed by atoms with van der Waals surface area (Å²) in [4.78, 5) is 21.7. The Labute approximate surface area is 249 Å². The number of unbranched alkanes of at least 4 members (excludes halogenated alkanes) is 2. The van der Waals surface area contributed by atoms with E-state index < -0.39 is 19.8 Å². The van der Waals surface area contributed by atoms with Gasteiger partial charge in [-0.3, -0.25) is 4.57 Å². The van der Waals surface area contributed by atoms with Crippen LogP contribution in [-0.4, -0.2) is 48.1 Å². The number of amides is 1. The van der Waals surface area contributed by atoms with Crippen molar-refractivity contribution in [2.75, 3.05) is 19.8 Å². The number of aliphatic hydroxyl groups excluding tert-OH is 1. The minimum Gasteiger partial charge on any atom is -0.446 e. The zero-order valence-corrected chi connectivity index (χ0v) is 27.5. The topological polar surface area (TPSA) is 105 Å². The van der Waals surface area contributed by atoms with Gasteiger partial charge in [0.15, 0.2) is 0 Å². The molecule has 8 heteroatoms. The van der Waals surface area contributed by atoms with Crippen molar-refractivity contribution in [3.63, 3.8) is 0 Å². The molecule has 7 nitrogen and oxygen atoms in total. The molecule has 4 saturated carbocycles. The first-order valence-corrected chi connectivity index (χ1v) is 19.0. The number of alkyl carbamates (subject to hydrolysis) is 1. The average Bonchev–Trinajstić information content (AvgIpc) is 3.25. The van der Waals surface area contributed by atoms with E-state index in [-0.39, 0.29) is 19.1 Å². The molecule has 0 spiro atoms. The molecule has 0 aromatic carbocycles. The summed E-state index contributed by atoms with van der Waals surface area (Å²) in [7, 11) is -3.53. The second-order valence-corrected chi connectivity index (χ2v) is 16.8. The van der Waals surface area contributed by atoms with Gasteiger partial charge in [0, 0.05) is 13.2 Å². The number of carbonyl (C=O) groups is 1. The van der Waals surface area contributed by atoms with E-state index in [9.17, 15) is 14.5 Å². The molecule has 0 saturated heterocycles. The van der Waals surface area contributed by atoms with Gasteiger partial charge in [0.25, 0.3) is 0 Å².